The largest absolute Gasteiger partial charge is 0.485 e. The summed E-state index contributed by atoms with van der Waals surface area (Å²) in [5.41, 5.74) is 3.99. The smallest absolute Gasteiger partial charge is 0.344 e. The first-order valence-corrected chi connectivity index (χ1v) is 18.9. The number of carbonyl (C=O) groups is 2. The maximum absolute atomic E-state index is 13.3. The summed E-state index contributed by atoms with van der Waals surface area (Å²) in [6.07, 6.45) is 0. The molecule has 0 bridgehead atoms. The number of hydrogen-bond donors (Lipinski definition) is 0. The molecule has 0 aliphatic carbocycles. The van der Waals surface area contributed by atoms with E-state index in [-0.39, 0.29) is 10.8 Å². The average Bonchev–Trinajstić information content (AvgIpc) is 3.86. The summed E-state index contributed by atoms with van der Waals surface area (Å²) in [5, 5.41) is 1.17. The predicted octanol–water partition coefficient (Wildman–Crippen LogP) is 7.52. The van der Waals surface area contributed by atoms with Gasteiger partial charge in [0.05, 0.1) is 30.7 Å². The van der Waals surface area contributed by atoms with Gasteiger partial charge in [0.15, 0.2) is 23.0 Å². The van der Waals surface area contributed by atoms with Crippen LogP contribution in [0.25, 0.3) is 32.0 Å². The lowest BCUT2D eigenvalue weighted by Crippen LogP contribution is -2.18. The van der Waals surface area contributed by atoms with E-state index in [1.165, 1.54) is 0 Å². The summed E-state index contributed by atoms with van der Waals surface area (Å²) >= 11 is 3.34. The third kappa shape index (κ3) is 5.22. The number of benzene rings is 3. The molecule has 0 atom stereocenters. The minimum atomic E-state index is -0.455. The molecule has 3 aromatic carbocycles. The van der Waals surface area contributed by atoms with Gasteiger partial charge >= 0.3 is 11.9 Å². The van der Waals surface area contributed by atoms with E-state index >= 15 is 0 Å². The van der Waals surface area contributed by atoms with E-state index in [0.29, 0.717) is 70.6 Å². The van der Waals surface area contributed by atoms with Gasteiger partial charge in [0.2, 0.25) is 0 Å². The third-order valence-electron chi connectivity index (χ3n) is 9.47. The Kier molecular flexibility index (Phi) is 7.40. The fraction of sp³-hybridized carbons (Fsp3) is 0.286. The van der Waals surface area contributed by atoms with Gasteiger partial charge in [-0.05, 0) is 34.4 Å². The van der Waals surface area contributed by atoms with Crippen LogP contribution in [0, 0.1) is 0 Å². The van der Waals surface area contributed by atoms with Crippen molar-refractivity contribution in [3.05, 3.63) is 92.0 Å². The molecule has 0 amide bonds. The Labute approximate surface area is 308 Å². The SMILES string of the molecule is CC(C)(C)c1sc(-c2ccc(C3=c4cc5c(cc4OC3=O)=C(c3ccc(-c4sc(C(C)(C)C)c6c4OCCO6)cc3)C(=O)O5)cc2)c2c1OCCO2. The highest BCUT2D eigenvalue weighted by molar-refractivity contribution is 7.17. The number of fused-ring (bicyclic) bond motifs is 4. The summed E-state index contributed by atoms with van der Waals surface area (Å²) in [6.45, 7) is 15.0. The van der Waals surface area contributed by atoms with Gasteiger partial charge < -0.3 is 28.4 Å². The number of carbonyl (C=O) groups excluding carboxylic acids is 2. The monoisotopic (exact) mass is 732 g/mol. The molecular weight excluding hydrogens is 697 g/mol. The van der Waals surface area contributed by atoms with Crippen LogP contribution in [-0.4, -0.2) is 38.4 Å². The van der Waals surface area contributed by atoms with E-state index < -0.39 is 11.9 Å². The summed E-state index contributed by atoms with van der Waals surface area (Å²) < 4.78 is 35.8. The molecule has 10 heteroatoms. The summed E-state index contributed by atoms with van der Waals surface area (Å²) in [4.78, 5) is 31.0. The van der Waals surface area contributed by atoms with Crippen LogP contribution in [-0.2, 0) is 20.4 Å². The molecule has 4 aliphatic rings. The van der Waals surface area contributed by atoms with Crippen molar-refractivity contribution in [1.82, 2.24) is 0 Å². The highest BCUT2D eigenvalue weighted by atomic mass is 32.1. The Morgan fingerprint density at radius 3 is 1.15 bits per heavy atom. The summed E-state index contributed by atoms with van der Waals surface area (Å²) in [5.74, 6) is 3.06. The van der Waals surface area contributed by atoms with Crippen LogP contribution in [0.3, 0.4) is 0 Å². The Morgan fingerprint density at radius 2 is 0.808 bits per heavy atom. The number of esters is 2. The Morgan fingerprint density at radius 1 is 0.481 bits per heavy atom. The van der Waals surface area contributed by atoms with E-state index in [4.69, 9.17) is 28.4 Å². The average molecular weight is 733 g/mol. The van der Waals surface area contributed by atoms with Crippen LogP contribution in [0.4, 0.5) is 0 Å². The van der Waals surface area contributed by atoms with Crippen molar-refractivity contribution < 1.29 is 38.0 Å². The molecular formula is C42H36O8S2. The molecule has 5 aromatic rings. The zero-order valence-electron chi connectivity index (χ0n) is 29.7. The molecule has 0 saturated carbocycles. The highest BCUT2D eigenvalue weighted by Gasteiger charge is 2.34. The fourth-order valence-electron chi connectivity index (χ4n) is 7.03. The van der Waals surface area contributed by atoms with Crippen molar-refractivity contribution in [3.8, 4) is 55.4 Å². The number of rotatable bonds is 4. The lowest BCUT2D eigenvalue weighted by atomic mass is 9.93. The first-order valence-electron chi connectivity index (χ1n) is 17.3. The van der Waals surface area contributed by atoms with Crippen LogP contribution < -0.4 is 38.9 Å². The van der Waals surface area contributed by atoms with Crippen molar-refractivity contribution in [2.75, 3.05) is 26.4 Å². The van der Waals surface area contributed by atoms with E-state index in [9.17, 15) is 9.59 Å². The van der Waals surface area contributed by atoms with Gasteiger partial charge in [-0.1, -0.05) is 90.1 Å². The Hall–Kier alpha value is -5.06. The van der Waals surface area contributed by atoms with Crippen LogP contribution in [0.5, 0.6) is 34.5 Å². The van der Waals surface area contributed by atoms with Gasteiger partial charge in [-0.25, -0.2) is 9.59 Å². The minimum Gasteiger partial charge on any atom is -0.485 e. The van der Waals surface area contributed by atoms with E-state index in [1.54, 1.807) is 34.8 Å². The molecule has 4 aliphatic heterocycles. The Balaban J connectivity index is 1.07. The topological polar surface area (TPSA) is 89.5 Å². The quantitative estimate of drug-likeness (QED) is 0.139. The minimum absolute atomic E-state index is 0.101. The van der Waals surface area contributed by atoms with Gasteiger partial charge in [-0.2, -0.15) is 0 Å². The van der Waals surface area contributed by atoms with Crippen molar-refractivity contribution in [2.24, 2.45) is 0 Å². The van der Waals surface area contributed by atoms with Crippen molar-refractivity contribution >= 4 is 45.8 Å². The number of thiophene rings is 2. The van der Waals surface area contributed by atoms with E-state index in [1.807, 2.05) is 48.5 Å². The molecule has 52 heavy (non-hydrogen) atoms. The van der Waals surface area contributed by atoms with Crippen molar-refractivity contribution in [2.45, 2.75) is 52.4 Å². The molecule has 9 rings (SSSR count). The second-order valence-electron chi connectivity index (χ2n) is 15.3. The van der Waals surface area contributed by atoms with Gasteiger partial charge in [0, 0.05) is 21.3 Å². The van der Waals surface area contributed by atoms with E-state index in [2.05, 4.69) is 41.5 Å². The van der Waals surface area contributed by atoms with Gasteiger partial charge in [-0.3, -0.25) is 0 Å². The highest BCUT2D eigenvalue weighted by Crippen LogP contribution is 2.54. The van der Waals surface area contributed by atoms with Crippen molar-refractivity contribution in [1.29, 1.82) is 0 Å². The molecule has 0 N–H and O–H groups in total. The van der Waals surface area contributed by atoms with Crippen LogP contribution >= 0.6 is 22.7 Å². The lowest BCUT2D eigenvalue weighted by Gasteiger charge is -2.22. The summed E-state index contributed by atoms with van der Waals surface area (Å²) in [6, 6.07) is 19.1. The van der Waals surface area contributed by atoms with Gasteiger partial charge in [0.1, 0.15) is 37.9 Å². The first-order chi connectivity index (χ1) is 24.9. The molecule has 0 spiro atoms. The number of ether oxygens (including phenoxy) is 6. The van der Waals surface area contributed by atoms with Gasteiger partial charge in [-0.15, -0.1) is 22.7 Å². The normalized spacial score (nSPS) is 16.1. The Bertz CT molecular complexity index is 2280. The molecule has 0 fully saturated rings. The molecule has 0 saturated heterocycles. The molecule has 2 aromatic heterocycles. The van der Waals surface area contributed by atoms with Crippen LogP contribution in [0.2, 0.25) is 0 Å². The van der Waals surface area contributed by atoms with Crippen LogP contribution in [0.1, 0.15) is 62.4 Å². The molecule has 6 heterocycles. The van der Waals surface area contributed by atoms with E-state index in [0.717, 1.165) is 53.6 Å². The zero-order valence-corrected chi connectivity index (χ0v) is 31.3. The second kappa shape index (κ2) is 11.7. The molecule has 8 nitrogen and oxygen atoms in total. The predicted molar refractivity (Wildman–Crippen MR) is 201 cm³/mol. The zero-order chi connectivity index (χ0) is 36.1. The first kappa shape index (κ1) is 32.8. The second-order valence-corrected chi connectivity index (χ2v) is 17.3. The van der Waals surface area contributed by atoms with Crippen molar-refractivity contribution in [3.63, 3.8) is 0 Å². The van der Waals surface area contributed by atoms with Gasteiger partial charge in [0.25, 0.3) is 0 Å². The molecule has 0 unspecified atom stereocenters. The fourth-order valence-corrected chi connectivity index (χ4v) is 9.54. The molecule has 0 radical (unpaired) electrons. The maximum atomic E-state index is 13.3. The maximum Gasteiger partial charge on any atom is 0.344 e. The van der Waals surface area contributed by atoms with Crippen LogP contribution in [0.15, 0.2) is 60.7 Å². The molecule has 264 valence electrons. The third-order valence-corrected chi connectivity index (χ3v) is 12.7. The summed E-state index contributed by atoms with van der Waals surface area (Å²) in [7, 11) is 0. The standard InChI is InChI=1S/C42H36O8S2/c1-41(2,3)37-33-31(45-15-17-47-33)35(51-37)23-11-7-21(8-12-23)29-25-19-28-26(20-27(25)49-39(29)43)30(40(44)50-28)22-9-13-24(14-10-22)36-32-34(48-18-16-46-32)38(52-36)42(4,5)6/h7-14,19-20H,15-18H2,1-6H3. The lowest BCUT2D eigenvalue weighted by molar-refractivity contribution is -0.128. The number of hydrogen-bond acceptors (Lipinski definition) is 10.